The van der Waals surface area contributed by atoms with Gasteiger partial charge >= 0.3 is 0 Å². The molecule has 0 radical (unpaired) electrons. The first-order valence-electron chi connectivity index (χ1n) is 4.97. The molecule has 0 aliphatic heterocycles. The molecule has 1 N–H and O–H groups in total. The summed E-state index contributed by atoms with van der Waals surface area (Å²) in [4.78, 5) is 15.6. The smallest absolute Gasteiger partial charge is 0.165 e. The van der Waals surface area contributed by atoms with Gasteiger partial charge in [-0.15, -0.1) is 0 Å². The van der Waals surface area contributed by atoms with E-state index in [2.05, 4.69) is 20.9 Å². The van der Waals surface area contributed by atoms with E-state index < -0.39 is 6.10 Å². The van der Waals surface area contributed by atoms with Gasteiger partial charge in [-0.3, -0.25) is 9.78 Å². The fourth-order valence-corrected chi connectivity index (χ4v) is 1.95. The summed E-state index contributed by atoms with van der Waals surface area (Å²) in [5.74, 6) is 0.106. The number of rotatable bonds is 4. The number of carbonyl (C=O) groups is 1. The Hall–Kier alpha value is -0.740. The molecule has 0 aromatic carbocycles. The van der Waals surface area contributed by atoms with Crippen molar-refractivity contribution in [1.82, 2.24) is 4.98 Å². The van der Waals surface area contributed by atoms with E-state index in [1.54, 1.807) is 12.4 Å². The Morgan fingerprint density at radius 1 is 1.60 bits per heavy atom. The number of carbonyl (C=O) groups excluding carboxylic acids is 1. The minimum absolute atomic E-state index is 0.0996. The van der Waals surface area contributed by atoms with Crippen LogP contribution in [0.2, 0.25) is 0 Å². The van der Waals surface area contributed by atoms with Gasteiger partial charge in [-0.25, -0.2) is 0 Å². The summed E-state index contributed by atoms with van der Waals surface area (Å²) in [6, 6.07) is 1.85. The maximum atomic E-state index is 11.6. The molecule has 1 aromatic heterocycles. The van der Waals surface area contributed by atoms with Crippen LogP contribution in [0.5, 0.6) is 0 Å². The topological polar surface area (TPSA) is 50.2 Å². The van der Waals surface area contributed by atoms with E-state index in [-0.39, 0.29) is 18.1 Å². The Balaban J connectivity index is 1.98. The second kappa shape index (κ2) is 4.41. The molecule has 80 valence electrons. The molecule has 0 spiro atoms. The molecule has 15 heavy (non-hydrogen) atoms. The third-order valence-electron chi connectivity index (χ3n) is 2.54. The first kappa shape index (κ1) is 10.8. The van der Waals surface area contributed by atoms with Gasteiger partial charge in [-0.2, -0.15) is 0 Å². The van der Waals surface area contributed by atoms with E-state index in [1.807, 2.05) is 6.07 Å². The Bertz CT molecular complexity index is 377. The Morgan fingerprint density at radius 3 is 2.93 bits per heavy atom. The molecule has 3 nitrogen and oxygen atoms in total. The highest BCUT2D eigenvalue weighted by atomic mass is 79.9. The van der Waals surface area contributed by atoms with Crippen LogP contribution in [0.15, 0.2) is 22.9 Å². The molecule has 0 saturated heterocycles. The minimum Gasteiger partial charge on any atom is -0.385 e. The summed E-state index contributed by atoms with van der Waals surface area (Å²) in [5.41, 5.74) is 0.842. The minimum atomic E-state index is -0.774. The molecule has 1 heterocycles. The summed E-state index contributed by atoms with van der Waals surface area (Å²) in [6.45, 7) is 0. The lowest BCUT2D eigenvalue weighted by molar-refractivity contribution is -0.127. The standard InChI is InChI=1S/C11H12BrNO2/c12-9-3-7(5-13-6-9)4-10(14)11(15)8-1-2-8/h3,5-6,8,11,15H,1-2,4H2. The lowest BCUT2D eigenvalue weighted by Gasteiger charge is -2.07. The lowest BCUT2D eigenvalue weighted by Crippen LogP contribution is -2.24. The van der Waals surface area contributed by atoms with E-state index in [4.69, 9.17) is 0 Å². The zero-order valence-electron chi connectivity index (χ0n) is 8.19. The molecular weight excluding hydrogens is 258 g/mol. The second-order valence-electron chi connectivity index (χ2n) is 3.94. The van der Waals surface area contributed by atoms with Crippen molar-refractivity contribution in [3.05, 3.63) is 28.5 Å². The molecule has 2 rings (SSSR count). The number of hydrogen-bond acceptors (Lipinski definition) is 3. The lowest BCUT2D eigenvalue weighted by atomic mass is 10.0. The van der Waals surface area contributed by atoms with Crippen molar-refractivity contribution in [1.29, 1.82) is 0 Å². The number of aliphatic hydroxyl groups excluding tert-OH is 1. The van der Waals surface area contributed by atoms with Crippen molar-refractivity contribution in [3.8, 4) is 0 Å². The van der Waals surface area contributed by atoms with Gasteiger partial charge in [0.05, 0.1) is 0 Å². The SMILES string of the molecule is O=C(Cc1cncc(Br)c1)C(O)C1CC1. The molecule has 1 unspecified atom stereocenters. The Morgan fingerprint density at radius 2 is 2.33 bits per heavy atom. The van der Waals surface area contributed by atoms with Crippen molar-refractivity contribution >= 4 is 21.7 Å². The molecule has 0 bridgehead atoms. The van der Waals surface area contributed by atoms with Crippen molar-refractivity contribution in [3.63, 3.8) is 0 Å². The van der Waals surface area contributed by atoms with Crippen LogP contribution < -0.4 is 0 Å². The van der Waals surface area contributed by atoms with Gasteiger partial charge < -0.3 is 5.11 Å². The predicted octanol–water partition coefficient (Wildman–Crippen LogP) is 1.73. The van der Waals surface area contributed by atoms with Gasteiger partial charge in [0.2, 0.25) is 0 Å². The summed E-state index contributed by atoms with van der Waals surface area (Å²) in [7, 11) is 0. The number of ketones is 1. The number of pyridine rings is 1. The molecule has 1 aliphatic carbocycles. The van der Waals surface area contributed by atoms with Crippen LogP contribution in [0.3, 0.4) is 0 Å². The molecule has 1 fully saturated rings. The Kier molecular flexibility index (Phi) is 3.17. The third kappa shape index (κ3) is 2.86. The van der Waals surface area contributed by atoms with Gasteiger partial charge in [0.15, 0.2) is 5.78 Å². The third-order valence-corrected chi connectivity index (χ3v) is 2.97. The number of Topliss-reactive ketones (excluding diaryl/α,β-unsaturated/α-hetero) is 1. The van der Waals surface area contributed by atoms with Crippen LogP contribution in [-0.4, -0.2) is 22.0 Å². The number of nitrogens with zero attached hydrogens (tertiary/aromatic N) is 1. The quantitative estimate of drug-likeness (QED) is 0.906. The first-order chi connectivity index (χ1) is 7.16. The number of hydrogen-bond donors (Lipinski definition) is 1. The first-order valence-corrected chi connectivity index (χ1v) is 5.76. The van der Waals surface area contributed by atoms with E-state index in [9.17, 15) is 9.90 Å². The van der Waals surface area contributed by atoms with Crippen molar-refractivity contribution in [2.45, 2.75) is 25.4 Å². The van der Waals surface area contributed by atoms with Crippen LogP contribution in [0.4, 0.5) is 0 Å². The maximum absolute atomic E-state index is 11.6. The highest BCUT2D eigenvalue weighted by Gasteiger charge is 2.34. The van der Waals surface area contributed by atoms with Gasteiger partial charge in [0.25, 0.3) is 0 Å². The van der Waals surface area contributed by atoms with E-state index in [0.717, 1.165) is 22.9 Å². The van der Waals surface area contributed by atoms with Crippen molar-refractivity contribution in [2.75, 3.05) is 0 Å². The zero-order valence-corrected chi connectivity index (χ0v) is 9.77. The van der Waals surface area contributed by atoms with Gasteiger partial charge in [0.1, 0.15) is 6.10 Å². The summed E-state index contributed by atoms with van der Waals surface area (Å²) >= 11 is 3.29. The predicted molar refractivity (Wildman–Crippen MR) is 59.4 cm³/mol. The van der Waals surface area contributed by atoms with Crippen molar-refractivity contribution < 1.29 is 9.90 Å². The van der Waals surface area contributed by atoms with Crippen molar-refractivity contribution in [2.24, 2.45) is 5.92 Å². The van der Waals surface area contributed by atoms with E-state index in [1.165, 1.54) is 0 Å². The maximum Gasteiger partial charge on any atom is 0.165 e. The molecule has 1 saturated carbocycles. The van der Waals surface area contributed by atoms with Crippen LogP contribution in [0.25, 0.3) is 0 Å². The molecule has 1 atom stereocenters. The van der Waals surface area contributed by atoms with E-state index >= 15 is 0 Å². The summed E-state index contributed by atoms with van der Waals surface area (Å²) in [5, 5.41) is 9.61. The van der Waals surface area contributed by atoms with Crippen LogP contribution in [0.1, 0.15) is 18.4 Å². The van der Waals surface area contributed by atoms with Crippen LogP contribution >= 0.6 is 15.9 Å². The number of halogens is 1. The fourth-order valence-electron chi connectivity index (χ4n) is 1.53. The summed E-state index contributed by atoms with van der Waals surface area (Å²) < 4.78 is 0.855. The zero-order chi connectivity index (χ0) is 10.8. The molecule has 1 aliphatic rings. The Labute approximate surface area is 96.7 Å². The summed E-state index contributed by atoms with van der Waals surface area (Å²) in [6.07, 6.45) is 4.77. The normalized spacial score (nSPS) is 17.5. The molecular formula is C11H12BrNO2. The van der Waals surface area contributed by atoms with E-state index in [0.29, 0.717) is 0 Å². The number of aliphatic hydroxyl groups is 1. The van der Waals surface area contributed by atoms with Crippen LogP contribution in [0, 0.1) is 5.92 Å². The van der Waals surface area contributed by atoms with Gasteiger partial charge in [0, 0.05) is 23.3 Å². The molecule has 1 aromatic rings. The van der Waals surface area contributed by atoms with Gasteiger partial charge in [-0.1, -0.05) is 0 Å². The highest BCUT2D eigenvalue weighted by Crippen LogP contribution is 2.33. The monoisotopic (exact) mass is 269 g/mol. The molecule has 0 amide bonds. The highest BCUT2D eigenvalue weighted by molar-refractivity contribution is 9.10. The average molecular weight is 270 g/mol. The average Bonchev–Trinajstić information content (AvgIpc) is 2.99. The molecule has 4 heteroatoms. The second-order valence-corrected chi connectivity index (χ2v) is 4.85. The van der Waals surface area contributed by atoms with Gasteiger partial charge in [-0.05, 0) is 46.3 Å². The fraction of sp³-hybridized carbons (Fsp3) is 0.455. The number of aromatic nitrogens is 1. The van der Waals surface area contributed by atoms with Crippen LogP contribution in [-0.2, 0) is 11.2 Å². The largest absolute Gasteiger partial charge is 0.385 e.